The lowest BCUT2D eigenvalue weighted by molar-refractivity contribution is -0.372. The lowest BCUT2D eigenvalue weighted by Crippen LogP contribution is -2.26. The molecular formula is C16H30O2. The minimum absolute atomic E-state index is 0.0632. The number of rotatable bonds is 3. The molecule has 2 saturated carbocycles. The lowest BCUT2D eigenvalue weighted by atomic mass is 9.88. The molecule has 0 bridgehead atoms. The third kappa shape index (κ3) is 2.60. The van der Waals surface area contributed by atoms with E-state index in [2.05, 4.69) is 55.4 Å². The molecule has 4 unspecified atom stereocenters. The molecule has 2 nitrogen and oxygen atoms in total. The van der Waals surface area contributed by atoms with Crippen LogP contribution in [0.2, 0.25) is 0 Å². The standard InChI is InChI=1S/C16H30O2/c1-13(2,3)11-9-15(11,7)17-18-16(8)10-12(16)14(4,5)6/h11-12H,9-10H2,1-8H3. The Morgan fingerprint density at radius 2 is 1.00 bits per heavy atom. The average Bonchev–Trinajstić information content (AvgIpc) is 2.98. The van der Waals surface area contributed by atoms with Crippen molar-refractivity contribution in [2.24, 2.45) is 22.7 Å². The van der Waals surface area contributed by atoms with Crippen LogP contribution < -0.4 is 0 Å². The molecule has 0 aromatic heterocycles. The molecule has 2 fully saturated rings. The molecule has 2 heteroatoms. The zero-order chi connectivity index (χ0) is 14.0. The van der Waals surface area contributed by atoms with Crippen LogP contribution >= 0.6 is 0 Å². The van der Waals surface area contributed by atoms with Gasteiger partial charge >= 0.3 is 0 Å². The van der Waals surface area contributed by atoms with Crippen LogP contribution in [0, 0.1) is 22.7 Å². The third-order valence-corrected chi connectivity index (χ3v) is 4.89. The van der Waals surface area contributed by atoms with Crippen LogP contribution in [0.25, 0.3) is 0 Å². The monoisotopic (exact) mass is 254 g/mol. The van der Waals surface area contributed by atoms with Gasteiger partial charge in [-0.05, 0) is 49.4 Å². The molecule has 0 amide bonds. The van der Waals surface area contributed by atoms with Crippen LogP contribution in [0.4, 0.5) is 0 Å². The van der Waals surface area contributed by atoms with Gasteiger partial charge < -0.3 is 0 Å². The van der Waals surface area contributed by atoms with E-state index < -0.39 is 0 Å². The smallest absolute Gasteiger partial charge is 0.105 e. The van der Waals surface area contributed by atoms with E-state index in [4.69, 9.17) is 9.78 Å². The van der Waals surface area contributed by atoms with E-state index >= 15 is 0 Å². The van der Waals surface area contributed by atoms with Gasteiger partial charge in [-0.2, -0.15) is 0 Å². The fourth-order valence-corrected chi connectivity index (χ4v) is 3.51. The third-order valence-electron chi connectivity index (χ3n) is 4.89. The zero-order valence-corrected chi connectivity index (χ0v) is 13.4. The van der Waals surface area contributed by atoms with Gasteiger partial charge in [0.2, 0.25) is 0 Å². The summed E-state index contributed by atoms with van der Waals surface area (Å²) in [4.78, 5) is 11.7. The topological polar surface area (TPSA) is 18.5 Å². The van der Waals surface area contributed by atoms with Crippen LogP contribution in [-0.2, 0) is 9.78 Å². The van der Waals surface area contributed by atoms with Gasteiger partial charge in [0.05, 0.1) is 0 Å². The van der Waals surface area contributed by atoms with Crippen LogP contribution in [0.5, 0.6) is 0 Å². The Morgan fingerprint density at radius 3 is 1.17 bits per heavy atom. The van der Waals surface area contributed by atoms with Crippen molar-refractivity contribution < 1.29 is 9.78 Å². The molecule has 0 N–H and O–H groups in total. The van der Waals surface area contributed by atoms with Gasteiger partial charge in [0.15, 0.2) is 0 Å². The van der Waals surface area contributed by atoms with Gasteiger partial charge in [-0.15, -0.1) is 0 Å². The van der Waals surface area contributed by atoms with Gasteiger partial charge in [-0.3, -0.25) is 0 Å². The van der Waals surface area contributed by atoms with E-state index in [0.29, 0.717) is 22.7 Å². The molecule has 18 heavy (non-hydrogen) atoms. The number of hydrogen-bond acceptors (Lipinski definition) is 2. The molecule has 0 spiro atoms. The Balaban J connectivity index is 1.85. The first-order chi connectivity index (χ1) is 7.89. The Kier molecular flexibility index (Phi) is 2.97. The van der Waals surface area contributed by atoms with Crippen LogP contribution in [0.3, 0.4) is 0 Å². The normalized spacial score (nSPS) is 44.0. The van der Waals surface area contributed by atoms with Crippen molar-refractivity contribution in [1.82, 2.24) is 0 Å². The second-order valence-corrected chi connectivity index (χ2v) is 9.04. The predicted molar refractivity (Wildman–Crippen MR) is 74.1 cm³/mol. The van der Waals surface area contributed by atoms with Crippen molar-refractivity contribution in [3.63, 3.8) is 0 Å². The van der Waals surface area contributed by atoms with Gasteiger partial charge in [0.25, 0.3) is 0 Å². The van der Waals surface area contributed by atoms with E-state index in [-0.39, 0.29) is 11.2 Å². The zero-order valence-electron chi connectivity index (χ0n) is 13.4. The quantitative estimate of drug-likeness (QED) is 0.542. The highest BCUT2D eigenvalue weighted by atomic mass is 17.2. The molecule has 2 rings (SSSR count). The van der Waals surface area contributed by atoms with Crippen molar-refractivity contribution >= 4 is 0 Å². The lowest BCUT2D eigenvalue weighted by Gasteiger charge is -2.25. The van der Waals surface area contributed by atoms with Crippen LogP contribution in [0.1, 0.15) is 68.2 Å². The Hall–Kier alpha value is -0.0800. The van der Waals surface area contributed by atoms with Crippen molar-refractivity contribution in [2.75, 3.05) is 0 Å². The molecule has 0 aromatic carbocycles. The first-order valence-electron chi connectivity index (χ1n) is 7.25. The molecule has 0 heterocycles. The largest absolute Gasteiger partial charge is 0.229 e. The Morgan fingerprint density at radius 1 is 0.722 bits per heavy atom. The van der Waals surface area contributed by atoms with Gasteiger partial charge in [-0.1, -0.05) is 41.5 Å². The molecule has 2 aliphatic carbocycles. The van der Waals surface area contributed by atoms with Gasteiger partial charge in [0.1, 0.15) is 11.2 Å². The SMILES string of the molecule is CC(C)(C)C1CC1(C)OOC1(C)CC1C(C)(C)C. The van der Waals surface area contributed by atoms with Crippen molar-refractivity contribution in [3.8, 4) is 0 Å². The van der Waals surface area contributed by atoms with Crippen LogP contribution in [-0.4, -0.2) is 11.2 Å². The van der Waals surface area contributed by atoms with Crippen molar-refractivity contribution in [2.45, 2.75) is 79.4 Å². The summed E-state index contributed by atoms with van der Waals surface area (Å²) in [6.07, 6.45) is 2.24. The number of hydrogen-bond donors (Lipinski definition) is 0. The molecule has 0 radical (unpaired) electrons. The van der Waals surface area contributed by atoms with E-state index in [1.54, 1.807) is 0 Å². The highest BCUT2D eigenvalue weighted by molar-refractivity contribution is 5.08. The molecule has 106 valence electrons. The summed E-state index contributed by atoms with van der Waals surface area (Å²) in [5.74, 6) is 1.22. The van der Waals surface area contributed by atoms with Crippen LogP contribution in [0.15, 0.2) is 0 Å². The second kappa shape index (κ2) is 3.73. The summed E-state index contributed by atoms with van der Waals surface area (Å²) in [5.41, 5.74) is 0.497. The summed E-state index contributed by atoms with van der Waals surface area (Å²) in [7, 11) is 0. The average molecular weight is 254 g/mol. The minimum atomic E-state index is -0.0632. The van der Waals surface area contributed by atoms with Crippen molar-refractivity contribution in [1.29, 1.82) is 0 Å². The molecule has 0 saturated heterocycles. The van der Waals surface area contributed by atoms with E-state index in [1.165, 1.54) is 0 Å². The summed E-state index contributed by atoms with van der Waals surface area (Å²) < 4.78 is 0. The van der Waals surface area contributed by atoms with E-state index in [1.807, 2.05) is 0 Å². The fourth-order valence-electron chi connectivity index (χ4n) is 3.51. The molecule has 4 atom stereocenters. The van der Waals surface area contributed by atoms with E-state index in [0.717, 1.165) is 12.8 Å². The maximum Gasteiger partial charge on any atom is 0.105 e. The highest BCUT2D eigenvalue weighted by Gasteiger charge is 2.62. The highest BCUT2D eigenvalue weighted by Crippen LogP contribution is 2.60. The van der Waals surface area contributed by atoms with E-state index in [9.17, 15) is 0 Å². The van der Waals surface area contributed by atoms with Crippen molar-refractivity contribution in [3.05, 3.63) is 0 Å². The summed E-state index contributed by atoms with van der Waals surface area (Å²) in [6, 6.07) is 0. The molecule has 0 aromatic rings. The predicted octanol–water partition coefficient (Wildman–Crippen LogP) is 4.58. The van der Waals surface area contributed by atoms with Gasteiger partial charge in [0, 0.05) is 0 Å². The maximum absolute atomic E-state index is 5.83. The minimum Gasteiger partial charge on any atom is -0.229 e. The van der Waals surface area contributed by atoms with Gasteiger partial charge in [-0.25, -0.2) is 9.78 Å². The Bertz CT molecular complexity index is 302. The fraction of sp³-hybridized carbons (Fsp3) is 1.00. The summed E-state index contributed by atoms with van der Waals surface area (Å²) in [6.45, 7) is 18.0. The molecular weight excluding hydrogens is 224 g/mol. The first-order valence-corrected chi connectivity index (χ1v) is 7.25. The molecule has 0 aliphatic heterocycles. The Labute approximate surface area is 112 Å². The maximum atomic E-state index is 5.83. The molecule has 2 aliphatic rings. The second-order valence-electron chi connectivity index (χ2n) is 9.04. The summed E-state index contributed by atoms with van der Waals surface area (Å²) >= 11 is 0. The first kappa shape index (κ1) is 14.3. The summed E-state index contributed by atoms with van der Waals surface area (Å²) in [5, 5.41) is 0.